The van der Waals surface area contributed by atoms with Gasteiger partial charge < -0.3 is 14.8 Å². The lowest BCUT2D eigenvalue weighted by atomic mass is 10.1. The third kappa shape index (κ3) is 6.15. The van der Waals surface area contributed by atoms with Crippen molar-refractivity contribution >= 4 is 12.0 Å². The molecular weight excluding hydrogens is 286 g/mol. The lowest BCUT2D eigenvalue weighted by Gasteiger charge is -2.13. The van der Waals surface area contributed by atoms with Crippen LogP contribution in [0, 0.1) is 6.92 Å². The molecule has 0 aromatic heterocycles. The average molecular weight is 313 g/mol. The molecule has 0 aliphatic carbocycles. The molecule has 0 saturated carbocycles. The lowest BCUT2D eigenvalue weighted by molar-refractivity contribution is -0.107. The molecule has 2 rings (SSSR count). The lowest BCUT2D eigenvalue weighted by Crippen LogP contribution is -2.02. The number of carbonyl (C=O) groups is 1. The van der Waals surface area contributed by atoms with Crippen LogP contribution in [0.2, 0.25) is 0 Å². The Bertz CT molecular complexity index is 608. The maximum absolute atomic E-state index is 9.17. The quantitative estimate of drug-likeness (QED) is 0.780. The molecule has 0 aliphatic heterocycles. The summed E-state index contributed by atoms with van der Waals surface area (Å²) in [4.78, 5) is 9.17. The van der Waals surface area contributed by atoms with Crippen molar-refractivity contribution in [1.29, 1.82) is 0 Å². The van der Waals surface area contributed by atoms with E-state index >= 15 is 0 Å². The zero-order valence-electron chi connectivity index (χ0n) is 14.6. The van der Waals surface area contributed by atoms with Gasteiger partial charge in [0.1, 0.15) is 18.6 Å². The number of benzene rings is 2. The van der Waals surface area contributed by atoms with Gasteiger partial charge in [0.2, 0.25) is 0 Å². The molecule has 3 nitrogen and oxygen atoms in total. The Morgan fingerprint density at radius 1 is 1.09 bits per heavy atom. The Morgan fingerprint density at radius 3 is 2.39 bits per heavy atom. The Hall–Kier alpha value is -2.29. The van der Waals surface area contributed by atoms with Crippen LogP contribution in [0.4, 0.5) is 5.69 Å². The second kappa shape index (κ2) is 10.4. The van der Waals surface area contributed by atoms with E-state index in [9.17, 15) is 4.79 Å². The van der Waals surface area contributed by atoms with E-state index < -0.39 is 0 Å². The van der Waals surface area contributed by atoms with Crippen LogP contribution >= 0.6 is 0 Å². The number of ether oxygens (including phenoxy) is 1. The molecule has 0 fully saturated rings. The first kappa shape index (κ1) is 18.8. The summed E-state index contributed by atoms with van der Waals surface area (Å²) in [6, 6.07) is 14.6. The third-order valence-corrected chi connectivity index (χ3v) is 3.44. The highest BCUT2D eigenvalue weighted by Gasteiger charge is 2.05. The zero-order valence-corrected chi connectivity index (χ0v) is 14.6. The molecule has 23 heavy (non-hydrogen) atoms. The minimum absolute atomic E-state index is 0.591. The summed E-state index contributed by atoms with van der Waals surface area (Å²) in [5, 5.41) is 3.19. The second-order valence-corrected chi connectivity index (χ2v) is 5.24. The highest BCUT2D eigenvalue weighted by Crippen LogP contribution is 2.23. The van der Waals surface area contributed by atoms with Crippen LogP contribution in [0.3, 0.4) is 0 Å². The molecule has 0 bridgehead atoms. The minimum Gasteiger partial charge on any atom is -0.489 e. The Morgan fingerprint density at radius 2 is 1.78 bits per heavy atom. The van der Waals surface area contributed by atoms with E-state index in [1.165, 1.54) is 16.7 Å². The molecular formula is C20H27NO2. The van der Waals surface area contributed by atoms with Crippen LogP contribution in [-0.2, 0) is 17.8 Å². The highest BCUT2D eigenvalue weighted by atomic mass is 16.5. The summed E-state index contributed by atoms with van der Waals surface area (Å²) in [7, 11) is 1.93. The maximum atomic E-state index is 9.17. The van der Waals surface area contributed by atoms with Gasteiger partial charge in [0.25, 0.3) is 0 Å². The molecule has 0 heterocycles. The number of rotatable bonds is 6. The summed E-state index contributed by atoms with van der Waals surface area (Å²) in [6.07, 6.45) is 2.50. The van der Waals surface area contributed by atoms with Crippen molar-refractivity contribution in [2.45, 2.75) is 40.2 Å². The standard InChI is InChI=1S/C17H21NO.C3H6O/c1-4-14-10-9-13(2)11-17(14)19-12-15-7-5-6-8-16(15)18-3;1-2-3-4/h5-11,18H,4,12H2,1-3H3;3H,2H2,1H3. The van der Waals surface area contributed by atoms with Crippen molar-refractivity contribution < 1.29 is 9.53 Å². The molecule has 0 amide bonds. The second-order valence-electron chi connectivity index (χ2n) is 5.24. The largest absolute Gasteiger partial charge is 0.489 e. The minimum atomic E-state index is 0.591. The van der Waals surface area contributed by atoms with Gasteiger partial charge in [-0.2, -0.15) is 0 Å². The van der Waals surface area contributed by atoms with Gasteiger partial charge in [0, 0.05) is 24.7 Å². The van der Waals surface area contributed by atoms with Gasteiger partial charge in [-0.25, -0.2) is 0 Å². The number of nitrogens with one attached hydrogen (secondary N) is 1. The fraction of sp³-hybridized carbons (Fsp3) is 0.350. The SMILES string of the molecule is CCC=O.CCc1ccc(C)cc1OCc1ccccc1NC. The predicted octanol–water partition coefficient (Wildman–Crippen LogP) is 4.77. The number of hydrogen-bond acceptors (Lipinski definition) is 3. The van der Waals surface area contributed by atoms with E-state index in [1.54, 1.807) is 0 Å². The Balaban J connectivity index is 0.000000593. The van der Waals surface area contributed by atoms with Crippen molar-refractivity contribution in [1.82, 2.24) is 0 Å². The smallest absolute Gasteiger partial charge is 0.123 e. The van der Waals surface area contributed by atoms with Crippen LogP contribution in [0.1, 0.15) is 37.0 Å². The van der Waals surface area contributed by atoms with Gasteiger partial charge in [-0.3, -0.25) is 0 Å². The summed E-state index contributed by atoms with van der Waals surface area (Å²) < 4.78 is 6.00. The molecule has 0 aliphatic rings. The van der Waals surface area contributed by atoms with Crippen LogP contribution in [-0.4, -0.2) is 13.3 Å². The van der Waals surface area contributed by atoms with E-state index in [-0.39, 0.29) is 0 Å². The monoisotopic (exact) mass is 313 g/mol. The predicted molar refractivity (Wildman–Crippen MR) is 97.2 cm³/mol. The molecule has 2 aromatic rings. The highest BCUT2D eigenvalue weighted by molar-refractivity contribution is 5.50. The fourth-order valence-corrected chi connectivity index (χ4v) is 2.13. The molecule has 0 radical (unpaired) electrons. The first-order valence-electron chi connectivity index (χ1n) is 8.07. The van der Waals surface area contributed by atoms with E-state index in [2.05, 4.69) is 49.5 Å². The van der Waals surface area contributed by atoms with Gasteiger partial charge in [-0.1, -0.05) is 44.2 Å². The molecule has 1 N–H and O–H groups in total. The number of aryl methyl sites for hydroxylation is 2. The summed E-state index contributed by atoms with van der Waals surface area (Å²) in [6.45, 7) is 6.65. The summed E-state index contributed by atoms with van der Waals surface area (Å²) in [5.41, 5.74) is 4.78. The van der Waals surface area contributed by atoms with Crippen molar-refractivity contribution in [3.8, 4) is 5.75 Å². The van der Waals surface area contributed by atoms with Gasteiger partial charge in [-0.05, 0) is 36.6 Å². The van der Waals surface area contributed by atoms with E-state index in [1.807, 2.05) is 26.1 Å². The zero-order chi connectivity index (χ0) is 17.1. The molecule has 3 heteroatoms. The van der Waals surface area contributed by atoms with Gasteiger partial charge >= 0.3 is 0 Å². The van der Waals surface area contributed by atoms with E-state index in [0.717, 1.165) is 24.1 Å². The van der Waals surface area contributed by atoms with Crippen LogP contribution < -0.4 is 10.1 Å². The summed E-state index contributed by atoms with van der Waals surface area (Å²) >= 11 is 0. The fourth-order valence-electron chi connectivity index (χ4n) is 2.13. The van der Waals surface area contributed by atoms with E-state index in [4.69, 9.17) is 4.74 Å². The molecule has 0 spiro atoms. The van der Waals surface area contributed by atoms with E-state index in [0.29, 0.717) is 13.0 Å². The van der Waals surface area contributed by atoms with Crippen molar-refractivity contribution in [2.24, 2.45) is 0 Å². The van der Waals surface area contributed by atoms with Gasteiger partial charge in [0.05, 0.1) is 0 Å². The topological polar surface area (TPSA) is 38.3 Å². The van der Waals surface area contributed by atoms with Gasteiger partial charge in [0.15, 0.2) is 0 Å². The first-order valence-corrected chi connectivity index (χ1v) is 8.07. The molecule has 2 aromatic carbocycles. The number of anilines is 1. The summed E-state index contributed by atoms with van der Waals surface area (Å²) in [5.74, 6) is 0.994. The average Bonchev–Trinajstić information content (AvgIpc) is 2.60. The molecule has 0 unspecified atom stereocenters. The van der Waals surface area contributed by atoms with Gasteiger partial charge in [-0.15, -0.1) is 0 Å². The normalized spacial score (nSPS) is 9.57. The number of para-hydroxylation sites is 1. The van der Waals surface area contributed by atoms with Crippen LogP contribution in [0.15, 0.2) is 42.5 Å². The van der Waals surface area contributed by atoms with Crippen LogP contribution in [0.25, 0.3) is 0 Å². The first-order chi connectivity index (χ1) is 11.2. The number of carbonyl (C=O) groups excluding carboxylic acids is 1. The third-order valence-electron chi connectivity index (χ3n) is 3.44. The van der Waals surface area contributed by atoms with Crippen LogP contribution in [0.5, 0.6) is 5.75 Å². The Kier molecular flexibility index (Phi) is 8.51. The maximum Gasteiger partial charge on any atom is 0.123 e. The Labute approximate surface area is 139 Å². The molecule has 0 saturated heterocycles. The number of aldehydes is 1. The van der Waals surface area contributed by atoms with Crippen molar-refractivity contribution in [3.63, 3.8) is 0 Å². The number of hydrogen-bond donors (Lipinski definition) is 1. The van der Waals surface area contributed by atoms with Crippen molar-refractivity contribution in [3.05, 3.63) is 59.2 Å². The molecule has 124 valence electrons. The molecule has 0 atom stereocenters. The van der Waals surface area contributed by atoms with Crippen molar-refractivity contribution in [2.75, 3.05) is 12.4 Å².